The molecule has 1 aromatic carbocycles. The van der Waals surface area contributed by atoms with E-state index in [1.165, 1.54) is 10.9 Å². The van der Waals surface area contributed by atoms with Crippen LogP contribution in [0.15, 0.2) is 36.5 Å². The van der Waals surface area contributed by atoms with Crippen LogP contribution >= 0.6 is 12.4 Å². The molecule has 2 atom stereocenters. The number of benzene rings is 1. The molecule has 20 heavy (non-hydrogen) atoms. The predicted molar refractivity (Wildman–Crippen MR) is 83.1 cm³/mol. The van der Waals surface area contributed by atoms with Crippen molar-refractivity contribution < 1.29 is 5.11 Å². The largest absolute Gasteiger partial charge is 0.391 e. The molecule has 0 bridgehead atoms. The van der Waals surface area contributed by atoms with Crippen molar-refractivity contribution in [2.24, 2.45) is 5.92 Å². The number of aliphatic hydroxyl groups excluding tert-OH is 1. The highest BCUT2D eigenvalue weighted by atomic mass is 35.5. The minimum Gasteiger partial charge on any atom is -0.391 e. The molecule has 1 saturated heterocycles. The topological polar surface area (TPSA) is 57.2 Å². The number of aromatic nitrogens is 1. The third kappa shape index (κ3) is 3.46. The van der Waals surface area contributed by atoms with E-state index in [0.29, 0.717) is 12.5 Å². The van der Waals surface area contributed by atoms with Crippen LogP contribution < -0.4 is 10.6 Å². The Labute approximate surface area is 125 Å². The van der Waals surface area contributed by atoms with Crippen molar-refractivity contribution >= 4 is 23.3 Å². The first-order valence-electron chi connectivity index (χ1n) is 6.76. The molecule has 5 heteroatoms. The zero-order valence-electron chi connectivity index (χ0n) is 11.2. The van der Waals surface area contributed by atoms with Gasteiger partial charge in [0.1, 0.15) is 0 Å². The number of hydrogen-bond acceptors (Lipinski definition) is 4. The van der Waals surface area contributed by atoms with E-state index in [1.807, 2.05) is 12.3 Å². The van der Waals surface area contributed by atoms with Gasteiger partial charge in [0.05, 0.1) is 11.6 Å². The van der Waals surface area contributed by atoms with Gasteiger partial charge in [-0.05, 0) is 23.8 Å². The van der Waals surface area contributed by atoms with Crippen LogP contribution in [0.2, 0.25) is 0 Å². The summed E-state index contributed by atoms with van der Waals surface area (Å²) < 4.78 is 0. The summed E-state index contributed by atoms with van der Waals surface area (Å²) in [7, 11) is 0. The predicted octanol–water partition coefficient (Wildman–Crippen LogP) is 1.33. The molecule has 1 aliphatic heterocycles. The van der Waals surface area contributed by atoms with Gasteiger partial charge in [-0.15, -0.1) is 12.4 Å². The highest BCUT2D eigenvalue weighted by molar-refractivity contribution is 5.85. The first-order chi connectivity index (χ1) is 9.33. The first-order valence-corrected chi connectivity index (χ1v) is 6.76. The second-order valence-corrected chi connectivity index (χ2v) is 5.15. The van der Waals surface area contributed by atoms with Crippen LogP contribution in [-0.2, 0) is 6.54 Å². The SMILES string of the molecule is Cl.OC1CNCC1CNCc1ccc2ncccc2c1. The number of fused-ring (bicyclic) bond motifs is 1. The fourth-order valence-corrected chi connectivity index (χ4v) is 2.56. The molecule has 0 aliphatic carbocycles. The molecule has 0 amide bonds. The molecular formula is C15H20ClN3O. The fourth-order valence-electron chi connectivity index (χ4n) is 2.56. The Balaban J connectivity index is 0.00000147. The van der Waals surface area contributed by atoms with Crippen LogP contribution in [0.1, 0.15) is 5.56 Å². The van der Waals surface area contributed by atoms with E-state index in [0.717, 1.165) is 25.2 Å². The Hall–Kier alpha value is -1.20. The summed E-state index contributed by atoms with van der Waals surface area (Å²) in [5.41, 5.74) is 2.28. The summed E-state index contributed by atoms with van der Waals surface area (Å²) in [5, 5.41) is 17.5. The van der Waals surface area contributed by atoms with Gasteiger partial charge in [-0.1, -0.05) is 12.1 Å². The second kappa shape index (κ2) is 6.99. The monoisotopic (exact) mass is 293 g/mol. The summed E-state index contributed by atoms with van der Waals surface area (Å²) in [4.78, 5) is 4.31. The average molecular weight is 294 g/mol. The summed E-state index contributed by atoms with van der Waals surface area (Å²) in [6, 6.07) is 10.4. The zero-order valence-corrected chi connectivity index (χ0v) is 12.1. The van der Waals surface area contributed by atoms with Crippen molar-refractivity contribution in [2.45, 2.75) is 12.6 Å². The molecule has 108 valence electrons. The Bertz CT molecular complexity index is 564. The molecule has 4 nitrogen and oxygen atoms in total. The zero-order chi connectivity index (χ0) is 13.1. The Morgan fingerprint density at radius 1 is 1.30 bits per heavy atom. The lowest BCUT2D eigenvalue weighted by Gasteiger charge is -2.14. The Morgan fingerprint density at radius 3 is 3.00 bits per heavy atom. The third-order valence-electron chi connectivity index (χ3n) is 3.71. The summed E-state index contributed by atoms with van der Waals surface area (Å²) in [5.74, 6) is 0.321. The number of nitrogens with zero attached hydrogens (tertiary/aromatic N) is 1. The highest BCUT2D eigenvalue weighted by Gasteiger charge is 2.23. The maximum absolute atomic E-state index is 9.72. The molecule has 2 heterocycles. The van der Waals surface area contributed by atoms with E-state index in [4.69, 9.17) is 0 Å². The molecular weight excluding hydrogens is 274 g/mol. The number of hydrogen-bond donors (Lipinski definition) is 3. The number of aliphatic hydroxyl groups is 1. The van der Waals surface area contributed by atoms with Gasteiger partial charge >= 0.3 is 0 Å². The molecule has 1 aromatic heterocycles. The van der Waals surface area contributed by atoms with Crippen LogP contribution in [0.4, 0.5) is 0 Å². The molecule has 2 unspecified atom stereocenters. The van der Waals surface area contributed by atoms with Gasteiger partial charge < -0.3 is 15.7 Å². The van der Waals surface area contributed by atoms with Gasteiger partial charge in [-0.2, -0.15) is 0 Å². The van der Waals surface area contributed by atoms with E-state index < -0.39 is 0 Å². The normalized spacial score (nSPS) is 21.9. The lowest BCUT2D eigenvalue weighted by Crippen LogP contribution is -2.30. The van der Waals surface area contributed by atoms with Crippen molar-refractivity contribution in [1.82, 2.24) is 15.6 Å². The van der Waals surface area contributed by atoms with Crippen molar-refractivity contribution in [3.63, 3.8) is 0 Å². The molecule has 2 aromatic rings. The average Bonchev–Trinajstić information content (AvgIpc) is 2.84. The lowest BCUT2D eigenvalue weighted by molar-refractivity contribution is 0.146. The van der Waals surface area contributed by atoms with Crippen LogP contribution in [0, 0.1) is 5.92 Å². The van der Waals surface area contributed by atoms with Crippen LogP contribution in [0.5, 0.6) is 0 Å². The van der Waals surface area contributed by atoms with Crippen LogP contribution in [0.25, 0.3) is 10.9 Å². The molecule has 3 N–H and O–H groups in total. The van der Waals surface area contributed by atoms with E-state index in [1.54, 1.807) is 0 Å². The Morgan fingerprint density at radius 2 is 2.20 bits per heavy atom. The fraction of sp³-hybridized carbons (Fsp3) is 0.400. The summed E-state index contributed by atoms with van der Waals surface area (Å²) >= 11 is 0. The molecule has 0 saturated carbocycles. The van der Waals surface area contributed by atoms with Crippen LogP contribution in [0.3, 0.4) is 0 Å². The van der Waals surface area contributed by atoms with Crippen molar-refractivity contribution in [1.29, 1.82) is 0 Å². The standard InChI is InChI=1S/C15H19N3O.ClH/c19-15-10-17-9-13(15)8-16-7-11-3-4-14-12(6-11)2-1-5-18-14;/h1-6,13,15-17,19H,7-10H2;1H. The number of nitrogens with one attached hydrogen (secondary N) is 2. The molecule has 1 aliphatic rings. The van der Waals surface area contributed by atoms with Crippen molar-refractivity contribution in [2.75, 3.05) is 19.6 Å². The van der Waals surface area contributed by atoms with E-state index >= 15 is 0 Å². The Kier molecular flexibility index (Phi) is 5.31. The van der Waals surface area contributed by atoms with Gasteiger partial charge in [-0.3, -0.25) is 4.98 Å². The van der Waals surface area contributed by atoms with Gasteiger partial charge in [0, 0.05) is 43.7 Å². The van der Waals surface area contributed by atoms with Crippen molar-refractivity contribution in [3.8, 4) is 0 Å². The van der Waals surface area contributed by atoms with Gasteiger partial charge in [0.15, 0.2) is 0 Å². The van der Waals surface area contributed by atoms with Crippen molar-refractivity contribution in [3.05, 3.63) is 42.1 Å². The van der Waals surface area contributed by atoms with E-state index in [-0.39, 0.29) is 18.5 Å². The lowest BCUT2D eigenvalue weighted by atomic mass is 10.1. The number of halogens is 1. The first kappa shape index (κ1) is 15.2. The third-order valence-corrected chi connectivity index (χ3v) is 3.71. The molecule has 0 radical (unpaired) electrons. The number of pyridine rings is 1. The van der Waals surface area contributed by atoms with Gasteiger partial charge in [0.25, 0.3) is 0 Å². The smallest absolute Gasteiger partial charge is 0.0716 e. The number of β-amino-alcohol motifs (C(OH)–C–C–N with tert-alkyl or cyclic N) is 1. The van der Waals surface area contributed by atoms with Crippen LogP contribution in [-0.4, -0.2) is 35.8 Å². The minimum atomic E-state index is -0.215. The second-order valence-electron chi connectivity index (χ2n) is 5.15. The summed E-state index contributed by atoms with van der Waals surface area (Å²) in [6.07, 6.45) is 1.60. The molecule has 0 spiro atoms. The maximum atomic E-state index is 9.72. The maximum Gasteiger partial charge on any atom is 0.0716 e. The van der Waals surface area contributed by atoms with Gasteiger partial charge in [-0.25, -0.2) is 0 Å². The van der Waals surface area contributed by atoms with Gasteiger partial charge in [0.2, 0.25) is 0 Å². The highest BCUT2D eigenvalue weighted by Crippen LogP contribution is 2.13. The molecule has 1 fully saturated rings. The molecule has 3 rings (SSSR count). The number of rotatable bonds is 4. The van der Waals surface area contributed by atoms with E-state index in [2.05, 4.69) is 39.9 Å². The van der Waals surface area contributed by atoms with E-state index in [9.17, 15) is 5.11 Å². The minimum absolute atomic E-state index is 0. The quantitative estimate of drug-likeness (QED) is 0.796. The summed E-state index contributed by atoms with van der Waals surface area (Å²) in [6.45, 7) is 3.29.